The van der Waals surface area contributed by atoms with Gasteiger partial charge in [-0.05, 0) is 38.3 Å². The maximum absolute atomic E-state index is 12.4. The van der Waals surface area contributed by atoms with E-state index >= 15 is 0 Å². The average molecular weight is 393 g/mol. The van der Waals surface area contributed by atoms with Crippen LogP contribution in [0, 0.1) is 11.3 Å². The summed E-state index contributed by atoms with van der Waals surface area (Å²) < 4.78 is 37.2. The topological polar surface area (TPSA) is 68.8 Å². The number of alkyl halides is 3. The Labute approximate surface area is 160 Å². The van der Waals surface area contributed by atoms with Crippen molar-refractivity contribution in [2.75, 3.05) is 46.3 Å². The summed E-state index contributed by atoms with van der Waals surface area (Å²) in [6.07, 6.45) is -1.62. The van der Waals surface area contributed by atoms with E-state index in [0.29, 0.717) is 38.1 Å². The van der Waals surface area contributed by atoms with Crippen molar-refractivity contribution in [2.45, 2.75) is 46.2 Å². The summed E-state index contributed by atoms with van der Waals surface area (Å²) in [5, 5.41) is 9.22. The molecule has 0 atom stereocenters. The highest BCUT2D eigenvalue weighted by atomic mass is 19.4. The smallest absolute Gasteiger partial charge is 0.356 e. The summed E-state index contributed by atoms with van der Waals surface area (Å²) in [6, 6.07) is 0. The molecular weight excluding hydrogens is 359 g/mol. The molecule has 0 aliphatic carbocycles. The van der Waals surface area contributed by atoms with E-state index in [9.17, 15) is 18.0 Å². The number of nitrogens with zero attached hydrogens (tertiary/aromatic N) is 2. The summed E-state index contributed by atoms with van der Waals surface area (Å²) in [5.74, 6) is 1.10. The van der Waals surface area contributed by atoms with Crippen molar-refractivity contribution in [3.8, 4) is 0 Å². The Morgan fingerprint density at radius 2 is 1.59 bits per heavy atom. The second kappa shape index (κ2) is 10.7. The van der Waals surface area contributed by atoms with E-state index in [1.807, 2.05) is 20.8 Å². The van der Waals surface area contributed by atoms with Gasteiger partial charge in [0.05, 0.1) is 6.54 Å². The van der Waals surface area contributed by atoms with Gasteiger partial charge in [0, 0.05) is 32.1 Å². The van der Waals surface area contributed by atoms with E-state index < -0.39 is 18.1 Å². The standard InChI is InChI=1S/C18H34F3N5O/c1-17(2,3)15(27)23-9-10-25-16(22-4)24-8-5-14-6-11-26(12-7-14)13-18(19,20)21/h14H,5-13H2,1-4H3,(H,23,27)(H2,22,24,25). The van der Waals surface area contributed by atoms with Crippen LogP contribution in [0.25, 0.3) is 0 Å². The second-order valence-corrected chi connectivity index (χ2v) is 8.06. The largest absolute Gasteiger partial charge is 0.401 e. The SMILES string of the molecule is CN=C(NCCNC(=O)C(C)(C)C)NCCC1CCN(CC(F)(F)F)CC1. The van der Waals surface area contributed by atoms with Crippen molar-refractivity contribution >= 4 is 11.9 Å². The molecule has 0 bridgehead atoms. The van der Waals surface area contributed by atoms with Crippen LogP contribution in [0.15, 0.2) is 4.99 Å². The van der Waals surface area contributed by atoms with Gasteiger partial charge in [0.15, 0.2) is 5.96 Å². The monoisotopic (exact) mass is 393 g/mol. The van der Waals surface area contributed by atoms with Crippen molar-refractivity contribution in [1.29, 1.82) is 0 Å². The van der Waals surface area contributed by atoms with Gasteiger partial charge in [0.2, 0.25) is 5.91 Å². The molecule has 27 heavy (non-hydrogen) atoms. The summed E-state index contributed by atoms with van der Waals surface area (Å²) in [5.41, 5.74) is -0.407. The van der Waals surface area contributed by atoms with Gasteiger partial charge in [0.25, 0.3) is 0 Å². The quantitative estimate of drug-likeness (QED) is 0.352. The van der Waals surface area contributed by atoms with Crippen LogP contribution in [0.5, 0.6) is 0 Å². The Balaban J connectivity index is 2.15. The first-order valence-electron chi connectivity index (χ1n) is 9.53. The lowest BCUT2D eigenvalue weighted by atomic mass is 9.93. The molecule has 1 saturated heterocycles. The third kappa shape index (κ3) is 10.4. The molecular formula is C18H34F3N5O. The lowest BCUT2D eigenvalue weighted by Gasteiger charge is -2.32. The van der Waals surface area contributed by atoms with Crippen LogP contribution in [-0.2, 0) is 4.79 Å². The van der Waals surface area contributed by atoms with E-state index in [1.165, 1.54) is 4.90 Å². The molecule has 0 spiro atoms. The summed E-state index contributed by atoms with van der Waals surface area (Å²) in [6.45, 7) is 7.59. The number of piperidine rings is 1. The van der Waals surface area contributed by atoms with Gasteiger partial charge < -0.3 is 16.0 Å². The van der Waals surface area contributed by atoms with Crippen LogP contribution in [0.2, 0.25) is 0 Å². The van der Waals surface area contributed by atoms with Crippen molar-refractivity contribution in [2.24, 2.45) is 16.3 Å². The minimum Gasteiger partial charge on any atom is -0.356 e. The molecule has 9 heteroatoms. The molecule has 1 rings (SSSR count). The number of guanidine groups is 1. The molecule has 1 fully saturated rings. The first-order chi connectivity index (χ1) is 12.5. The normalized spacial score (nSPS) is 17.7. The fourth-order valence-electron chi connectivity index (χ4n) is 2.92. The second-order valence-electron chi connectivity index (χ2n) is 8.06. The molecule has 0 saturated carbocycles. The van der Waals surface area contributed by atoms with E-state index in [-0.39, 0.29) is 5.91 Å². The Morgan fingerprint density at radius 1 is 1.04 bits per heavy atom. The molecule has 0 radical (unpaired) electrons. The van der Waals surface area contributed by atoms with Gasteiger partial charge in [-0.15, -0.1) is 0 Å². The first-order valence-corrected chi connectivity index (χ1v) is 9.53. The van der Waals surface area contributed by atoms with Crippen LogP contribution in [-0.4, -0.2) is 69.3 Å². The van der Waals surface area contributed by atoms with E-state index in [0.717, 1.165) is 25.8 Å². The van der Waals surface area contributed by atoms with Crippen molar-refractivity contribution < 1.29 is 18.0 Å². The maximum Gasteiger partial charge on any atom is 0.401 e. The minimum atomic E-state index is -4.11. The highest BCUT2D eigenvalue weighted by Crippen LogP contribution is 2.23. The summed E-state index contributed by atoms with van der Waals surface area (Å²) in [7, 11) is 1.68. The number of carbonyl (C=O) groups is 1. The van der Waals surface area contributed by atoms with Gasteiger partial charge in [-0.2, -0.15) is 13.2 Å². The van der Waals surface area contributed by atoms with E-state index in [4.69, 9.17) is 0 Å². The van der Waals surface area contributed by atoms with Gasteiger partial charge in [0.1, 0.15) is 0 Å². The summed E-state index contributed by atoms with van der Waals surface area (Å²) in [4.78, 5) is 17.4. The van der Waals surface area contributed by atoms with Crippen LogP contribution >= 0.6 is 0 Å². The predicted molar refractivity (Wildman–Crippen MR) is 102 cm³/mol. The van der Waals surface area contributed by atoms with Crippen molar-refractivity contribution in [3.05, 3.63) is 0 Å². The molecule has 3 N–H and O–H groups in total. The first kappa shape index (κ1) is 23.5. The zero-order valence-electron chi connectivity index (χ0n) is 16.9. The molecule has 0 aromatic carbocycles. The van der Waals surface area contributed by atoms with Crippen LogP contribution < -0.4 is 16.0 Å². The number of nitrogens with one attached hydrogen (secondary N) is 3. The van der Waals surface area contributed by atoms with Crippen LogP contribution in [0.4, 0.5) is 13.2 Å². The Kier molecular flexibility index (Phi) is 9.35. The number of rotatable bonds is 7. The Bertz CT molecular complexity index is 480. The van der Waals surface area contributed by atoms with Crippen molar-refractivity contribution in [3.63, 3.8) is 0 Å². The lowest BCUT2D eigenvalue weighted by molar-refractivity contribution is -0.148. The zero-order valence-corrected chi connectivity index (χ0v) is 16.9. The molecule has 0 unspecified atom stereocenters. The van der Waals surface area contributed by atoms with Gasteiger partial charge in [-0.3, -0.25) is 14.7 Å². The summed E-state index contributed by atoms with van der Waals surface area (Å²) >= 11 is 0. The van der Waals surface area contributed by atoms with E-state index in [1.54, 1.807) is 7.05 Å². The molecule has 1 heterocycles. The number of halogens is 3. The number of hydrogen-bond acceptors (Lipinski definition) is 3. The fourth-order valence-corrected chi connectivity index (χ4v) is 2.92. The maximum atomic E-state index is 12.4. The molecule has 1 aliphatic heterocycles. The molecule has 1 aliphatic rings. The third-order valence-electron chi connectivity index (χ3n) is 4.56. The predicted octanol–water partition coefficient (Wildman–Crippen LogP) is 1.98. The van der Waals surface area contributed by atoms with Crippen LogP contribution in [0.3, 0.4) is 0 Å². The number of amides is 1. The minimum absolute atomic E-state index is 0.00381. The molecule has 1 amide bonds. The van der Waals surface area contributed by atoms with Crippen molar-refractivity contribution in [1.82, 2.24) is 20.9 Å². The fraction of sp³-hybridized carbons (Fsp3) is 0.889. The number of carbonyl (C=O) groups excluding carboxylic acids is 1. The third-order valence-corrected chi connectivity index (χ3v) is 4.56. The molecule has 0 aromatic rings. The molecule has 6 nitrogen and oxygen atoms in total. The van der Waals surface area contributed by atoms with Gasteiger partial charge >= 0.3 is 6.18 Å². The average Bonchev–Trinajstić information content (AvgIpc) is 2.56. The highest BCUT2D eigenvalue weighted by molar-refractivity contribution is 5.81. The van der Waals surface area contributed by atoms with Gasteiger partial charge in [-0.25, -0.2) is 0 Å². The Morgan fingerprint density at radius 3 is 2.11 bits per heavy atom. The molecule has 158 valence electrons. The number of hydrogen-bond donors (Lipinski definition) is 3. The zero-order chi connectivity index (χ0) is 20.5. The Hall–Kier alpha value is -1.51. The highest BCUT2D eigenvalue weighted by Gasteiger charge is 2.32. The van der Waals surface area contributed by atoms with Crippen LogP contribution in [0.1, 0.15) is 40.0 Å². The van der Waals surface area contributed by atoms with Gasteiger partial charge in [-0.1, -0.05) is 20.8 Å². The van der Waals surface area contributed by atoms with E-state index in [2.05, 4.69) is 20.9 Å². The lowest BCUT2D eigenvalue weighted by Crippen LogP contribution is -2.44. The number of likely N-dealkylation sites (tertiary alicyclic amines) is 1. The molecule has 0 aromatic heterocycles. The number of aliphatic imine (C=N–C) groups is 1.